The molecule has 0 bridgehead atoms. The molecular weight excluding hydrogens is 456 g/mol. The average molecular weight is 491 g/mol. The third kappa shape index (κ3) is 6.75. The minimum absolute atomic E-state index is 0.541. The van der Waals surface area contributed by atoms with E-state index in [0.29, 0.717) is 5.56 Å². The molecule has 6 heteroatoms. The number of aliphatic carboxylic acids is 2. The van der Waals surface area contributed by atoms with Gasteiger partial charge in [0.1, 0.15) is 0 Å². The lowest BCUT2D eigenvalue weighted by atomic mass is 9.78. The first-order chi connectivity index (χ1) is 17.4. The Morgan fingerprint density at radius 2 is 1.25 bits per heavy atom. The summed E-state index contributed by atoms with van der Waals surface area (Å²) in [4.78, 5) is 22.5. The summed E-state index contributed by atoms with van der Waals surface area (Å²) in [7, 11) is 0. The average Bonchev–Trinajstić information content (AvgIpc) is 3.35. The summed E-state index contributed by atoms with van der Waals surface area (Å²) in [6.07, 6.45) is 6.52. The second-order valence-corrected chi connectivity index (χ2v) is 9.90. The van der Waals surface area contributed by atoms with Crippen LogP contribution in [0.4, 0.5) is 0 Å². The third-order valence-corrected chi connectivity index (χ3v) is 7.29. The molecule has 2 fully saturated rings. The van der Waals surface area contributed by atoms with E-state index in [4.69, 9.17) is 19.7 Å². The van der Waals surface area contributed by atoms with Crippen LogP contribution < -0.4 is 0 Å². The first-order valence-electron chi connectivity index (χ1n) is 12.9. The minimum atomic E-state index is -1.55. The standard InChI is InChI=1S/C30H34O6/c1-2-3-20-4-6-21(7-5-20)8-9-22-10-12-23(13-11-22)14-15-24-16-18-25(19-17-24)30-35-26(28(31)32)27(36-30)29(33)34/h10-13,16-21,26-27,30H,2-9H2,1H3,(H,31,32)(H,33,34)/t20?,21?,26-,27-/m1/s1. The molecule has 2 aromatic carbocycles. The molecule has 1 saturated carbocycles. The molecule has 1 saturated heterocycles. The predicted molar refractivity (Wildman–Crippen MR) is 135 cm³/mol. The van der Waals surface area contributed by atoms with E-state index in [2.05, 4.69) is 43.0 Å². The molecule has 190 valence electrons. The van der Waals surface area contributed by atoms with Crippen molar-refractivity contribution in [2.45, 2.75) is 76.8 Å². The Morgan fingerprint density at radius 3 is 1.72 bits per heavy atom. The second kappa shape index (κ2) is 12.2. The van der Waals surface area contributed by atoms with Gasteiger partial charge in [0, 0.05) is 16.7 Å². The van der Waals surface area contributed by atoms with Crippen molar-refractivity contribution in [2.75, 3.05) is 0 Å². The molecule has 0 radical (unpaired) electrons. The van der Waals surface area contributed by atoms with Gasteiger partial charge in [-0.3, -0.25) is 0 Å². The van der Waals surface area contributed by atoms with Gasteiger partial charge >= 0.3 is 11.9 Å². The Kier molecular flexibility index (Phi) is 8.79. The minimum Gasteiger partial charge on any atom is -0.479 e. The number of hydrogen-bond donors (Lipinski definition) is 2. The van der Waals surface area contributed by atoms with E-state index >= 15 is 0 Å². The number of hydrogen-bond acceptors (Lipinski definition) is 4. The number of benzene rings is 2. The first kappa shape index (κ1) is 25.9. The van der Waals surface area contributed by atoms with E-state index < -0.39 is 30.4 Å². The van der Waals surface area contributed by atoms with E-state index in [9.17, 15) is 9.59 Å². The number of ether oxygens (including phenoxy) is 2. The van der Waals surface area contributed by atoms with Crippen LogP contribution in [0.3, 0.4) is 0 Å². The van der Waals surface area contributed by atoms with Gasteiger partial charge in [0.2, 0.25) is 0 Å². The second-order valence-electron chi connectivity index (χ2n) is 9.90. The lowest BCUT2D eigenvalue weighted by Gasteiger charge is -2.28. The molecule has 0 unspecified atom stereocenters. The normalized spacial score (nSPS) is 24.1. The Labute approximate surface area is 212 Å². The van der Waals surface area contributed by atoms with Crippen molar-refractivity contribution in [3.05, 3.63) is 70.8 Å². The maximum absolute atomic E-state index is 11.2. The summed E-state index contributed by atoms with van der Waals surface area (Å²) >= 11 is 0. The van der Waals surface area contributed by atoms with Crippen molar-refractivity contribution in [1.29, 1.82) is 0 Å². The summed E-state index contributed by atoms with van der Waals surface area (Å²) in [5.74, 6) is 5.39. The van der Waals surface area contributed by atoms with Gasteiger partial charge in [0.25, 0.3) is 0 Å². The summed E-state index contributed by atoms with van der Waals surface area (Å²) in [5.41, 5.74) is 3.62. The zero-order valence-electron chi connectivity index (χ0n) is 20.7. The number of carboxylic acid groups (broad SMARTS) is 2. The van der Waals surface area contributed by atoms with Gasteiger partial charge in [-0.25, -0.2) is 9.59 Å². The summed E-state index contributed by atoms with van der Waals surface area (Å²) in [6, 6.07) is 15.4. The van der Waals surface area contributed by atoms with E-state index in [-0.39, 0.29) is 0 Å². The Bertz CT molecular complexity index is 1060. The van der Waals surface area contributed by atoms with Gasteiger partial charge in [0.05, 0.1) is 0 Å². The van der Waals surface area contributed by atoms with Crippen LogP contribution in [-0.2, 0) is 25.5 Å². The van der Waals surface area contributed by atoms with E-state index in [1.165, 1.54) is 50.5 Å². The van der Waals surface area contributed by atoms with E-state index in [1.54, 1.807) is 24.3 Å². The molecule has 36 heavy (non-hydrogen) atoms. The van der Waals surface area contributed by atoms with Crippen molar-refractivity contribution in [1.82, 2.24) is 0 Å². The molecular formula is C30H34O6. The molecule has 0 amide bonds. The molecule has 6 nitrogen and oxygen atoms in total. The monoisotopic (exact) mass is 490 g/mol. The molecule has 2 aliphatic rings. The van der Waals surface area contributed by atoms with Crippen LogP contribution in [0, 0.1) is 23.7 Å². The predicted octanol–water partition coefficient (Wildman–Crippen LogP) is 5.58. The van der Waals surface area contributed by atoms with Crippen LogP contribution in [0.25, 0.3) is 0 Å². The number of aryl methyl sites for hydroxylation is 1. The van der Waals surface area contributed by atoms with Crippen molar-refractivity contribution in [2.24, 2.45) is 11.8 Å². The largest absolute Gasteiger partial charge is 0.479 e. The van der Waals surface area contributed by atoms with Crippen molar-refractivity contribution >= 4 is 11.9 Å². The fraction of sp³-hybridized carbons (Fsp3) is 0.467. The van der Waals surface area contributed by atoms with Crippen LogP contribution in [0.2, 0.25) is 0 Å². The van der Waals surface area contributed by atoms with Gasteiger partial charge in [-0.2, -0.15) is 0 Å². The molecule has 2 aromatic rings. The van der Waals surface area contributed by atoms with Crippen molar-refractivity contribution in [3.8, 4) is 11.8 Å². The summed E-state index contributed by atoms with van der Waals surface area (Å²) < 4.78 is 10.6. The molecule has 0 aromatic heterocycles. The number of carboxylic acids is 2. The third-order valence-electron chi connectivity index (χ3n) is 7.29. The van der Waals surface area contributed by atoms with E-state index in [0.717, 1.165) is 29.4 Å². The van der Waals surface area contributed by atoms with Crippen LogP contribution in [0.15, 0.2) is 48.5 Å². The highest BCUT2D eigenvalue weighted by atomic mass is 16.7. The van der Waals surface area contributed by atoms with Crippen molar-refractivity contribution in [3.63, 3.8) is 0 Å². The topological polar surface area (TPSA) is 93.1 Å². The van der Waals surface area contributed by atoms with Gasteiger partial charge in [-0.15, -0.1) is 0 Å². The van der Waals surface area contributed by atoms with Crippen LogP contribution >= 0.6 is 0 Å². The number of carbonyl (C=O) groups is 2. The smallest absolute Gasteiger partial charge is 0.336 e. The molecule has 1 heterocycles. The maximum Gasteiger partial charge on any atom is 0.336 e. The number of rotatable bonds is 8. The van der Waals surface area contributed by atoms with Crippen LogP contribution in [-0.4, -0.2) is 34.4 Å². The lowest BCUT2D eigenvalue weighted by Crippen LogP contribution is -2.36. The van der Waals surface area contributed by atoms with Crippen LogP contribution in [0.5, 0.6) is 0 Å². The van der Waals surface area contributed by atoms with Gasteiger partial charge in [0.15, 0.2) is 18.5 Å². The highest BCUT2D eigenvalue weighted by Crippen LogP contribution is 2.34. The van der Waals surface area contributed by atoms with Crippen LogP contribution in [0.1, 0.15) is 80.4 Å². The highest BCUT2D eigenvalue weighted by Gasteiger charge is 2.46. The SMILES string of the molecule is CCCC1CCC(CCc2ccc(C#Cc3ccc(C4O[C@@H](C(=O)O)[C@H](C(=O)O)O4)cc3)cc2)CC1. The Morgan fingerprint density at radius 1 is 0.778 bits per heavy atom. The molecule has 2 atom stereocenters. The first-order valence-corrected chi connectivity index (χ1v) is 12.9. The maximum atomic E-state index is 11.2. The van der Waals surface area contributed by atoms with Gasteiger partial charge in [-0.1, -0.05) is 81.6 Å². The highest BCUT2D eigenvalue weighted by molar-refractivity contribution is 5.84. The fourth-order valence-electron chi connectivity index (χ4n) is 5.18. The molecule has 0 spiro atoms. The lowest BCUT2D eigenvalue weighted by molar-refractivity contribution is -0.156. The zero-order chi connectivity index (χ0) is 25.5. The summed E-state index contributed by atoms with van der Waals surface area (Å²) in [5, 5.41) is 18.3. The van der Waals surface area contributed by atoms with Gasteiger partial charge in [-0.05, 0) is 54.5 Å². The Balaban J connectivity index is 1.28. The van der Waals surface area contributed by atoms with Gasteiger partial charge < -0.3 is 19.7 Å². The van der Waals surface area contributed by atoms with Crippen molar-refractivity contribution < 1.29 is 29.3 Å². The molecule has 1 aliphatic carbocycles. The molecule has 4 rings (SSSR count). The molecule has 2 N–H and O–H groups in total. The van der Waals surface area contributed by atoms with E-state index in [1.807, 2.05) is 0 Å². The summed E-state index contributed by atoms with van der Waals surface area (Å²) in [6.45, 7) is 2.29. The molecule has 1 aliphatic heterocycles. The zero-order valence-corrected chi connectivity index (χ0v) is 20.7. The quantitative estimate of drug-likeness (QED) is 0.470. The fourth-order valence-corrected chi connectivity index (χ4v) is 5.18. The Hall–Kier alpha value is -3.14.